The third-order valence-corrected chi connectivity index (χ3v) is 8.89. The van der Waals surface area contributed by atoms with Gasteiger partial charge in [-0.05, 0) is 60.5 Å². The average Bonchev–Trinajstić information content (AvgIpc) is 3.38. The lowest BCUT2D eigenvalue weighted by Crippen LogP contribution is -2.66. The summed E-state index contributed by atoms with van der Waals surface area (Å²) in [6.07, 6.45) is -1.01. The molecule has 2 unspecified atom stereocenters. The molecule has 2 N–H and O–H groups in total. The maximum Gasteiger partial charge on any atom is 0.408 e. The van der Waals surface area contributed by atoms with E-state index in [4.69, 9.17) is 18.9 Å². The summed E-state index contributed by atoms with van der Waals surface area (Å²) in [7, 11) is 3.06. The Balaban J connectivity index is 1.56. The molecule has 0 fully saturated rings. The summed E-state index contributed by atoms with van der Waals surface area (Å²) in [6.45, 7) is 0.983. The van der Waals surface area contributed by atoms with Crippen LogP contribution in [-0.4, -0.2) is 37.3 Å². The Morgan fingerprint density at radius 2 is 1.33 bits per heavy atom. The molecule has 1 aliphatic heterocycles. The SMILES string of the molecule is COc1ccc(COC(=O)C(C)(C(=O)Sc2ccc(OC)cc2)C2(NC(=O)OCc3ccccc3)C(=O)Nc3ccccc32)cc1. The van der Waals surface area contributed by atoms with Crippen molar-refractivity contribution in [2.75, 3.05) is 19.5 Å². The number of nitrogens with one attached hydrogen (secondary N) is 2. The smallest absolute Gasteiger partial charge is 0.408 e. The lowest BCUT2D eigenvalue weighted by molar-refractivity contribution is -0.166. The quantitative estimate of drug-likeness (QED) is 0.118. The highest BCUT2D eigenvalue weighted by Crippen LogP contribution is 2.51. The van der Waals surface area contributed by atoms with E-state index in [0.717, 1.165) is 11.8 Å². The Labute approximate surface area is 270 Å². The number of carbonyl (C=O) groups is 4. The third-order valence-electron chi connectivity index (χ3n) is 7.79. The Morgan fingerprint density at radius 1 is 0.761 bits per heavy atom. The molecule has 0 spiro atoms. The summed E-state index contributed by atoms with van der Waals surface area (Å²) >= 11 is 0.740. The van der Waals surface area contributed by atoms with Crippen molar-refractivity contribution in [3.8, 4) is 11.5 Å². The zero-order valence-corrected chi connectivity index (χ0v) is 26.2. The van der Waals surface area contributed by atoms with Gasteiger partial charge in [-0.25, -0.2) is 4.79 Å². The summed E-state index contributed by atoms with van der Waals surface area (Å²) < 4.78 is 21.7. The van der Waals surface area contributed by atoms with Gasteiger partial charge >= 0.3 is 12.1 Å². The van der Waals surface area contributed by atoms with Crippen LogP contribution in [0.3, 0.4) is 0 Å². The molecule has 0 aliphatic carbocycles. The van der Waals surface area contributed by atoms with Gasteiger partial charge in [0.05, 0.1) is 14.2 Å². The van der Waals surface area contributed by atoms with Crippen molar-refractivity contribution in [3.63, 3.8) is 0 Å². The van der Waals surface area contributed by atoms with Gasteiger partial charge < -0.3 is 29.6 Å². The maximum absolute atomic E-state index is 14.5. The van der Waals surface area contributed by atoms with E-state index in [9.17, 15) is 19.2 Å². The second kappa shape index (κ2) is 13.8. The van der Waals surface area contributed by atoms with Crippen LogP contribution in [0.15, 0.2) is 108 Å². The molecule has 236 valence electrons. The summed E-state index contributed by atoms with van der Waals surface area (Å²) in [5, 5.41) is 4.64. The van der Waals surface area contributed by atoms with Crippen LogP contribution in [0.2, 0.25) is 0 Å². The minimum atomic E-state index is -2.30. The predicted octanol–water partition coefficient (Wildman–Crippen LogP) is 5.85. The molecule has 1 heterocycles. The first-order valence-corrected chi connectivity index (χ1v) is 15.1. The highest BCUT2D eigenvalue weighted by molar-refractivity contribution is 8.13. The lowest BCUT2D eigenvalue weighted by Gasteiger charge is -2.41. The van der Waals surface area contributed by atoms with Crippen molar-refractivity contribution in [2.24, 2.45) is 5.41 Å². The zero-order valence-electron chi connectivity index (χ0n) is 25.4. The monoisotopic (exact) mass is 640 g/mol. The Hall–Kier alpha value is -5.29. The number of fused-ring (bicyclic) bond motifs is 1. The van der Waals surface area contributed by atoms with Crippen molar-refractivity contribution >= 4 is 40.5 Å². The van der Waals surface area contributed by atoms with E-state index >= 15 is 0 Å². The molecule has 11 heteroatoms. The minimum Gasteiger partial charge on any atom is -0.497 e. The van der Waals surface area contributed by atoms with Crippen LogP contribution >= 0.6 is 11.8 Å². The Bertz CT molecular complexity index is 1730. The second-order valence-corrected chi connectivity index (χ2v) is 11.6. The van der Waals surface area contributed by atoms with Crippen LogP contribution < -0.4 is 20.1 Å². The van der Waals surface area contributed by atoms with Gasteiger partial charge in [0.25, 0.3) is 5.91 Å². The second-order valence-electron chi connectivity index (χ2n) is 10.6. The molecule has 2 atom stereocenters. The molecular formula is C35H32N2O8S. The first-order valence-electron chi connectivity index (χ1n) is 14.3. The number of para-hydroxylation sites is 1. The number of esters is 1. The first kappa shape index (κ1) is 32.1. The van der Waals surface area contributed by atoms with E-state index in [2.05, 4.69) is 10.6 Å². The molecule has 0 aromatic heterocycles. The fraction of sp³-hybridized carbons (Fsp3) is 0.200. The minimum absolute atomic E-state index is 0.112. The van der Waals surface area contributed by atoms with Gasteiger partial charge in [-0.15, -0.1) is 0 Å². The van der Waals surface area contributed by atoms with Gasteiger partial charge in [0.2, 0.25) is 5.12 Å². The van der Waals surface area contributed by atoms with Crippen LogP contribution in [-0.2, 0) is 42.6 Å². The number of carbonyl (C=O) groups excluding carboxylic acids is 4. The third kappa shape index (κ3) is 6.27. The number of rotatable bonds is 11. The Kier molecular flexibility index (Phi) is 9.62. The average molecular weight is 641 g/mol. The van der Waals surface area contributed by atoms with Crippen LogP contribution in [0.4, 0.5) is 10.5 Å². The van der Waals surface area contributed by atoms with Crippen molar-refractivity contribution < 1.29 is 38.1 Å². The van der Waals surface area contributed by atoms with Crippen LogP contribution in [0.5, 0.6) is 11.5 Å². The fourth-order valence-electron chi connectivity index (χ4n) is 5.17. The first-order chi connectivity index (χ1) is 22.2. The molecule has 5 rings (SSSR count). The molecule has 0 radical (unpaired) electrons. The molecule has 4 aromatic carbocycles. The van der Waals surface area contributed by atoms with Gasteiger partial charge in [0.1, 0.15) is 24.7 Å². The van der Waals surface area contributed by atoms with Crippen molar-refractivity contribution in [1.29, 1.82) is 0 Å². The highest BCUT2D eigenvalue weighted by Gasteiger charge is 2.68. The number of amides is 2. The Morgan fingerprint density at radius 3 is 1.98 bits per heavy atom. The standard InChI is InChI=1S/C35H32N2O8S/c1-34(32(40)46-27-19-17-26(43-3)18-20-27,31(39)44-21-24-13-15-25(42-2)16-14-24)35(28-11-7-8-12-29(28)36-30(35)38)37-33(41)45-22-23-9-5-4-6-10-23/h4-20H,21-22H2,1-3H3,(H,36,38)(H,37,41). The maximum atomic E-state index is 14.5. The van der Waals surface area contributed by atoms with Crippen molar-refractivity contribution in [2.45, 2.75) is 30.6 Å². The number of anilines is 1. The van der Waals surface area contributed by atoms with Crippen LogP contribution in [0.1, 0.15) is 23.6 Å². The molecule has 1 aliphatic rings. The summed E-state index contributed by atoms with van der Waals surface area (Å²) in [5.41, 5.74) is -2.68. The summed E-state index contributed by atoms with van der Waals surface area (Å²) in [4.78, 5) is 56.9. The molecule has 10 nitrogen and oxygen atoms in total. The van der Waals surface area contributed by atoms with E-state index in [1.54, 1.807) is 97.1 Å². The highest BCUT2D eigenvalue weighted by atomic mass is 32.2. The number of ether oxygens (including phenoxy) is 4. The van der Waals surface area contributed by atoms with Gasteiger partial charge in [-0.1, -0.05) is 72.4 Å². The number of thioether (sulfide) groups is 1. The van der Waals surface area contributed by atoms with Crippen molar-refractivity contribution in [1.82, 2.24) is 5.32 Å². The van der Waals surface area contributed by atoms with E-state index in [1.165, 1.54) is 21.1 Å². The molecule has 0 saturated carbocycles. The molecule has 46 heavy (non-hydrogen) atoms. The molecule has 4 aromatic rings. The zero-order chi connectivity index (χ0) is 32.7. The predicted molar refractivity (Wildman–Crippen MR) is 171 cm³/mol. The van der Waals surface area contributed by atoms with Gasteiger partial charge in [-0.3, -0.25) is 14.4 Å². The van der Waals surface area contributed by atoms with Crippen molar-refractivity contribution in [3.05, 3.63) is 120 Å². The van der Waals surface area contributed by atoms with Gasteiger partial charge in [-0.2, -0.15) is 0 Å². The fourth-order valence-corrected chi connectivity index (χ4v) is 6.10. The van der Waals surface area contributed by atoms with E-state index in [0.29, 0.717) is 33.2 Å². The van der Waals surface area contributed by atoms with E-state index < -0.39 is 34.0 Å². The largest absolute Gasteiger partial charge is 0.497 e. The summed E-state index contributed by atoms with van der Waals surface area (Å²) in [5.74, 6) is -0.633. The lowest BCUT2D eigenvalue weighted by atomic mass is 9.67. The number of benzene rings is 4. The van der Waals surface area contributed by atoms with Crippen LogP contribution in [0, 0.1) is 5.41 Å². The van der Waals surface area contributed by atoms with Gasteiger partial charge in [0.15, 0.2) is 11.0 Å². The summed E-state index contributed by atoms with van der Waals surface area (Å²) in [6, 6.07) is 29.0. The number of hydrogen-bond acceptors (Lipinski definition) is 9. The molecule has 0 bridgehead atoms. The van der Waals surface area contributed by atoms with E-state index in [1.807, 2.05) is 6.07 Å². The normalized spacial score (nSPS) is 16.3. The van der Waals surface area contributed by atoms with Gasteiger partial charge in [0, 0.05) is 16.1 Å². The van der Waals surface area contributed by atoms with Crippen LogP contribution in [0.25, 0.3) is 0 Å². The number of alkyl carbamates (subject to hydrolysis) is 1. The topological polar surface area (TPSA) is 129 Å². The number of methoxy groups -OCH3 is 2. The molecule has 0 saturated heterocycles. The molecular weight excluding hydrogens is 608 g/mol. The van der Waals surface area contributed by atoms with E-state index in [-0.39, 0.29) is 18.8 Å². The number of hydrogen-bond donors (Lipinski definition) is 2. The molecule has 2 amide bonds.